The lowest BCUT2D eigenvalue weighted by Gasteiger charge is -2.41. The molecule has 4 rings (SSSR count). The van der Waals surface area contributed by atoms with Gasteiger partial charge in [-0.15, -0.1) is 0 Å². The molecule has 0 spiro atoms. The number of nitrogens with zero attached hydrogens (tertiary/aromatic N) is 2. The van der Waals surface area contributed by atoms with E-state index in [0.29, 0.717) is 43.4 Å². The molecule has 162 valence electrons. The van der Waals surface area contributed by atoms with E-state index in [1.165, 1.54) is 0 Å². The first kappa shape index (κ1) is 21.0. The Morgan fingerprint density at radius 3 is 2.29 bits per heavy atom. The van der Waals surface area contributed by atoms with Crippen LogP contribution in [0.2, 0.25) is 0 Å². The summed E-state index contributed by atoms with van der Waals surface area (Å²) in [5.74, 6) is 3.00. The highest BCUT2D eigenvalue weighted by atomic mass is 16.6. The number of carbonyl (C=O) groups is 1. The molecule has 2 unspecified atom stereocenters. The SMILES string of the molecule is Cc1cccc(C)c1C(C(N)=O)N1CCN(C(=C=O)C2COc3ccccc3O2)CC1. The molecule has 0 radical (unpaired) electrons. The predicted molar refractivity (Wildman–Crippen MR) is 117 cm³/mol. The van der Waals surface area contributed by atoms with Gasteiger partial charge in [0.2, 0.25) is 5.91 Å². The second-order valence-corrected chi connectivity index (χ2v) is 7.98. The number of fused-ring (bicyclic) bond motifs is 1. The molecular formula is C24H27N3O4. The number of para-hydroxylation sites is 2. The molecular weight excluding hydrogens is 394 g/mol. The van der Waals surface area contributed by atoms with Crippen LogP contribution in [-0.4, -0.2) is 60.5 Å². The molecule has 0 aromatic heterocycles. The molecule has 2 aromatic carbocycles. The molecule has 0 saturated carbocycles. The molecule has 0 aliphatic carbocycles. The lowest BCUT2D eigenvalue weighted by Crippen LogP contribution is -2.52. The van der Waals surface area contributed by atoms with E-state index >= 15 is 0 Å². The topological polar surface area (TPSA) is 85.1 Å². The minimum absolute atomic E-state index is 0.258. The van der Waals surface area contributed by atoms with E-state index in [-0.39, 0.29) is 12.5 Å². The van der Waals surface area contributed by atoms with Gasteiger partial charge in [0.1, 0.15) is 24.3 Å². The van der Waals surface area contributed by atoms with Crippen LogP contribution in [0.5, 0.6) is 11.5 Å². The smallest absolute Gasteiger partial charge is 0.239 e. The minimum atomic E-state index is -0.510. The van der Waals surface area contributed by atoms with Crippen molar-refractivity contribution in [3.05, 3.63) is 64.9 Å². The standard InChI is InChI=1S/C24H27N3O4/c1-16-6-5-7-17(2)22(16)23(24(25)29)27-12-10-26(11-13-27)18(14-28)21-15-30-19-8-3-4-9-20(19)31-21/h3-9,21,23H,10-13,15H2,1-2H3,(H2,25,29). The molecule has 2 aliphatic heterocycles. The number of hydrogen-bond donors (Lipinski definition) is 1. The summed E-state index contributed by atoms with van der Waals surface area (Å²) in [6.07, 6.45) is -0.510. The van der Waals surface area contributed by atoms with E-state index in [0.717, 1.165) is 16.7 Å². The first-order valence-corrected chi connectivity index (χ1v) is 10.5. The maximum atomic E-state index is 12.4. The average molecular weight is 421 g/mol. The summed E-state index contributed by atoms with van der Waals surface area (Å²) in [4.78, 5) is 28.3. The number of carbonyl (C=O) groups excluding carboxylic acids is 2. The molecule has 1 saturated heterocycles. The molecule has 7 nitrogen and oxygen atoms in total. The molecule has 31 heavy (non-hydrogen) atoms. The van der Waals surface area contributed by atoms with Gasteiger partial charge in [0.15, 0.2) is 17.6 Å². The number of piperazine rings is 1. The summed E-state index contributed by atoms with van der Waals surface area (Å²) in [5, 5.41) is 0. The van der Waals surface area contributed by atoms with E-state index in [4.69, 9.17) is 15.2 Å². The van der Waals surface area contributed by atoms with Crippen LogP contribution in [0.1, 0.15) is 22.7 Å². The fourth-order valence-corrected chi connectivity index (χ4v) is 4.47. The number of rotatable bonds is 5. The zero-order valence-corrected chi connectivity index (χ0v) is 17.8. The predicted octanol–water partition coefficient (Wildman–Crippen LogP) is 2.00. The van der Waals surface area contributed by atoms with Crippen molar-refractivity contribution in [2.24, 2.45) is 5.73 Å². The van der Waals surface area contributed by atoms with Crippen molar-refractivity contribution in [3.63, 3.8) is 0 Å². The van der Waals surface area contributed by atoms with Crippen LogP contribution in [0.4, 0.5) is 0 Å². The van der Waals surface area contributed by atoms with Gasteiger partial charge < -0.3 is 20.1 Å². The quantitative estimate of drug-likeness (QED) is 0.744. The highest BCUT2D eigenvalue weighted by molar-refractivity contribution is 5.82. The van der Waals surface area contributed by atoms with Crippen LogP contribution < -0.4 is 15.2 Å². The fourth-order valence-electron chi connectivity index (χ4n) is 4.47. The molecule has 1 amide bonds. The Balaban J connectivity index is 1.47. The highest BCUT2D eigenvalue weighted by Gasteiger charge is 2.34. The Morgan fingerprint density at radius 2 is 1.68 bits per heavy atom. The Morgan fingerprint density at radius 1 is 1.03 bits per heavy atom. The van der Waals surface area contributed by atoms with Gasteiger partial charge >= 0.3 is 0 Å². The first-order chi connectivity index (χ1) is 15.0. The third-order valence-corrected chi connectivity index (χ3v) is 6.02. The van der Waals surface area contributed by atoms with E-state index in [2.05, 4.69) is 10.8 Å². The lowest BCUT2D eigenvalue weighted by atomic mass is 9.94. The molecule has 2 N–H and O–H groups in total. The van der Waals surface area contributed by atoms with E-state index in [1.54, 1.807) is 0 Å². The summed E-state index contributed by atoms with van der Waals surface area (Å²) in [7, 11) is 0. The average Bonchev–Trinajstić information content (AvgIpc) is 2.77. The van der Waals surface area contributed by atoms with Crippen molar-refractivity contribution in [1.29, 1.82) is 0 Å². The summed E-state index contributed by atoms with van der Waals surface area (Å²) < 4.78 is 11.8. The summed E-state index contributed by atoms with van der Waals surface area (Å²) in [5.41, 5.74) is 9.33. The maximum Gasteiger partial charge on any atom is 0.239 e. The summed E-state index contributed by atoms with van der Waals surface area (Å²) in [6.45, 7) is 6.59. The van der Waals surface area contributed by atoms with Crippen molar-refractivity contribution >= 4 is 11.8 Å². The Hall–Kier alpha value is -3.28. The van der Waals surface area contributed by atoms with Gasteiger partial charge in [-0.3, -0.25) is 9.69 Å². The van der Waals surface area contributed by atoms with Crippen LogP contribution >= 0.6 is 0 Å². The van der Waals surface area contributed by atoms with Crippen LogP contribution in [0.15, 0.2) is 48.2 Å². The number of aryl methyl sites for hydroxylation is 2. The third kappa shape index (κ3) is 4.15. The fraction of sp³-hybridized carbons (Fsp3) is 0.375. The number of ether oxygens (including phenoxy) is 2. The molecule has 2 aliphatic rings. The van der Waals surface area contributed by atoms with E-state index in [9.17, 15) is 9.59 Å². The number of amides is 1. The van der Waals surface area contributed by atoms with E-state index < -0.39 is 12.1 Å². The van der Waals surface area contributed by atoms with Gasteiger partial charge in [0.05, 0.1) is 0 Å². The summed E-state index contributed by atoms with van der Waals surface area (Å²) >= 11 is 0. The second-order valence-electron chi connectivity index (χ2n) is 7.98. The maximum absolute atomic E-state index is 12.4. The number of benzene rings is 2. The van der Waals surface area contributed by atoms with Crippen molar-refractivity contribution in [2.45, 2.75) is 26.0 Å². The zero-order valence-electron chi connectivity index (χ0n) is 17.8. The molecule has 1 fully saturated rings. The molecule has 2 heterocycles. The lowest BCUT2D eigenvalue weighted by molar-refractivity contribution is -0.124. The van der Waals surface area contributed by atoms with Gasteiger partial charge in [0.25, 0.3) is 0 Å². The number of hydrogen-bond acceptors (Lipinski definition) is 6. The van der Waals surface area contributed by atoms with Gasteiger partial charge in [-0.05, 0) is 42.7 Å². The molecule has 2 aromatic rings. The van der Waals surface area contributed by atoms with Crippen LogP contribution in [0, 0.1) is 13.8 Å². The van der Waals surface area contributed by atoms with Crippen LogP contribution in [0.3, 0.4) is 0 Å². The monoisotopic (exact) mass is 421 g/mol. The van der Waals surface area contributed by atoms with Crippen molar-refractivity contribution in [2.75, 3.05) is 32.8 Å². The minimum Gasteiger partial charge on any atom is -0.485 e. The highest BCUT2D eigenvalue weighted by Crippen LogP contribution is 2.33. The van der Waals surface area contributed by atoms with Crippen LogP contribution in [0.25, 0.3) is 0 Å². The van der Waals surface area contributed by atoms with Crippen molar-refractivity contribution < 1.29 is 19.1 Å². The molecule has 0 bridgehead atoms. The van der Waals surface area contributed by atoms with Gasteiger partial charge in [-0.2, -0.15) is 0 Å². The van der Waals surface area contributed by atoms with Crippen molar-refractivity contribution in [3.8, 4) is 11.5 Å². The second kappa shape index (κ2) is 8.84. The van der Waals surface area contributed by atoms with Gasteiger partial charge in [-0.1, -0.05) is 30.3 Å². The van der Waals surface area contributed by atoms with E-state index in [1.807, 2.05) is 61.2 Å². The largest absolute Gasteiger partial charge is 0.485 e. The normalized spacial score (nSPS) is 19.4. The Labute approximate surface area is 182 Å². The molecule has 2 atom stereocenters. The van der Waals surface area contributed by atoms with Crippen molar-refractivity contribution in [1.82, 2.24) is 9.80 Å². The first-order valence-electron chi connectivity index (χ1n) is 10.5. The Bertz CT molecular complexity index is 1000. The zero-order chi connectivity index (χ0) is 22.0. The van der Waals surface area contributed by atoms with Gasteiger partial charge in [0, 0.05) is 26.2 Å². The summed E-state index contributed by atoms with van der Waals surface area (Å²) in [6, 6.07) is 12.9. The number of primary amides is 1. The number of nitrogens with two attached hydrogens (primary N) is 1. The van der Waals surface area contributed by atoms with Crippen LogP contribution in [-0.2, 0) is 9.59 Å². The third-order valence-electron chi connectivity index (χ3n) is 6.02. The van der Waals surface area contributed by atoms with Gasteiger partial charge in [-0.25, -0.2) is 4.79 Å². The Kier molecular flexibility index (Phi) is 5.98. The molecule has 7 heteroatoms.